The number of rotatable bonds is 13. The van der Waals surface area contributed by atoms with Crippen molar-refractivity contribution < 1.29 is 0 Å². The van der Waals surface area contributed by atoms with Gasteiger partial charge in [-0.25, -0.2) is 0 Å². The monoisotopic (exact) mass is 229 g/mol. The number of nitrogens with one attached hydrogen (secondary N) is 2. The zero-order valence-electron chi connectivity index (χ0n) is 11.1. The van der Waals surface area contributed by atoms with Gasteiger partial charge in [-0.05, 0) is 32.5 Å². The van der Waals surface area contributed by atoms with Crippen molar-refractivity contribution in [2.45, 2.75) is 58.3 Å². The lowest BCUT2D eigenvalue weighted by Gasteiger charge is -2.05. The number of hydrogen-bond donors (Lipinski definition) is 3. The van der Waals surface area contributed by atoms with E-state index < -0.39 is 0 Å². The summed E-state index contributed by atoms with van der Waals surface area (Å²) in [5, 5.41) is 6.58. The van der Waals surface area contributed by atoms with Crippen molar-refractivity contribution >= 4 is 0 Å². The first-order valence-electron chi connectivity index (χ1n) is 7.03. The van der Waals surface area contributed by atoms with Gasteiger partial charge in [-0.2, -0.15) is 0 Å². The molecule has 0 saturated heterocycles. The van der Waals surface area contributed by atoms with Crippen molar-refractivity contribution in [1.82, 2.24) is 10.6 Å². The topological polar surface area (TPSA) is 50.1 Å². The Kier molecular flexibility index (Phi) is 14.8. The van der Waals surface area contributed by atoms with E-state index in [-0.39, 0.29) is 0 Å². The average Bonchev–Trinajstić information content (AvgIpc) is 2.31. The molecular weight excluding hydrogens is 198 g/mol. The van der Waals surface area contributed by atoms with Gasteiger partial charge in [0.25, 0.3) is 0 Å². The fraction of sp³-hybridized carbons (Fsp3) is 1.00. The number of unbranched alkanes of at least 4 members (excludes halogenated alkanes) is 6. The average molecular weight is 229 g/mol. The second-order valence-electron chi connectivity index (χ2n) is 4.43. The van der Waals surface area contributed by atoms with Crippen LogP contribution in [-0.2, 0) is 0 Å². The van der Waals surface area contributed by atoms with Crippen LogP contribution in [0.3, 0.4) is 0 Å². The van der Waals surface area contributed by atoms with Gasteiger partial charge in [0.2, 0.25) is 0 Å². The summed E-state index contributed by atoms with van der Waals surface area (Å²) in [4.78, 5) is 0. The summed E-state index contributed by atoms with van der Waals surface area (Å²) in [5.41, 5.74) is 5.33. The van der Waals surface area contributed by atoms with E-state index >= 15 is 0 Å². The molecule has 0 aliphatic heterocycles. The van der Waals surface area contributed by atoms with E-state index in [0.717, 1.165) is 13.1 Å². The Bertz CT molecular complexity index is 104. The summed E-state index contributed by atoms with van der Waals surface area (Å²) in [6, 6.07) is 0. The third-order valence-corrected chi connectivity index (χ3v) is 2.81. The van der Waals surface area contributed by atoms with E-state index in [1.165, 1.54) is 57.9 Å². The van der Waals surface area contributed by atoms with Crippen LogP contribution in [-0.4, -0.2) is 26.3 Å². The van der Waals surface area contributed by atoms with Crippen molar-refractivity contribution in [2.75, 3.05) is 26.3 Å². The molecule has 4 N–H and O–H groups in total. The zero-order valence-corrected chi connectivity index (χ0v) is 11.1. The molecule has 98 valence electrons. The Labute approximate surface area is 102 Å². The third kappa shape index (κ3) is 13.9. The molecule has 0 amide bonds. The summed E-state index contributed by atoms with van der Waals surface area (Å²) < 4.78 is 0. The summed E-state index contributed by atoms with van der Waals surface area (Å²) in [6.07, 6.45) is 10.9. The summed E-state index contributed by atoms with van der Waals surface area (Å²) in [5.74, 6) is 0. The van der Waals surface area contributed by atoms with Crippen LogP contribution in [0.2, 0.25) is 0 Å². The normalized spacial score (nSPS) is 10.9. The summed E-state index contributed by atoms with van der Waals surface area (Å²) in [7, 11) is 0. The minimum absolute atomic E-state index is 0.595. The predicted octanol–water partition coefficient (Wildman–Crippen LogP) is 2.22. The van der Waals surface area contributed by atoms with E-state index in [1.54, 1.807) is 0 Å². The first-order chi connectivity index (χ1) is 7.91. The van der Waals surface area contributed by atoms with Crippen LogP contribution in [0.4, 0.5) is 0 Å². The molecule has 0 aromatic rings. The van der Waals surface area contributed by atoms with E-state index in [4.69, 9.17) is 5.73 Å². The van der Waals surface area contributed by atoms with Gasteiger partial charge in [0.05, 0.1) is 0 Å². The Morgan fingerprint density at radius 1 is 0.688 bits per heavy atom. The second-order valence-corrected chi connectivity index (χ2v) is 4.43. The van der Waals surface area contributed by atoms with Gasteiger partial charge in [0, 0.05) is 6.67 Å². The van der Waals surface area contributed by atoms with Crippen LogP contribution in [0, 0.1) is 0 Å². The minimum atomic E-state index is 0.595. The molecule has 0 aromatic heterocycles. The van der Waals surface area contributed by atoms with Crippen molar-refractivity contribution in [3.05, 3.63) is 0 Å². The lowest BCUT2D eigenvalue weighted by molar-refractivity contribution is 0.549. The minimum Gasteiger partial charge on any atom is -0.318 e. The standard InChI is InChI=1S/C13H31N3/c1-2-3-4-5-6-7-8-10-15-11-9-12-16-13-14/h15-16H,2-14H2,1H3. The quantitative estimate of drug-likeness (QED) is 0.335. The molecule has 0 bridgehead atoms. The Morgan fingerprint density at radius 2 is 1.25 bits per heavy atom. The first kappa shape index (κ1) is 15.9. The van der Waals surface area contributed by atoms with Crippen LogP contribution in [0.1, 0.15) is 58.3 Å². The molecule has 0 radical (unpaired) electrons. The van der Waals surface area contributed by atoms with Gasteiger partial charge in [-0.3, -0.25) is 0 Å². The van der Waals surface area contributed by atoms with Crippen LogP contribution < -0.4 is 16.4 Å². The van der Waals surface area contributed by atoms with Crippen LogP contribution in [0.25, 0.3) is 0 Å². The number of hydrogen-bond acceptors (Lipinski definition) is 3. The highest BCUT2D eigenvalue weighted by molar-refractivity contribution is 4.52. The molecule has 0 aromatic carbocycles. The van der Waals surface area contributed by atoms with Gasteiger partial charge >= 0.3 is 0 Å². The van der Waals surface area contributed by atoms with Gasteiger partial charge < -0.3 is 16.4 Å². The maximum absolute atomic E-state index is 5.33. The molecule has 0 fully saturated rings. The smallest absolute Gasteiger partial charge is 0.0428 e. The molecule has 0 spiro atoms. The molecular formula is C13H31N3. The predicted molar refractivity (Wildman–Crippen MR) is 72.5 cm³/mol. The lowest BCUT2D eigenvalue weighted by atomic mass is 10.1. The Morgan fingerprint density at radius 3 is 1.94 bits per heavy atom. The van der Waals surface area contributed by atoms with Crippen molar-refractivity contribution in [2.24, 2.45) is 5.73 Å². The van der Waals surface area contributed by atoms with Crippen molar-refractivity contribution in [3.8, 4) is 0 Å². The maximum Gasteiger partial charge on any atom is 0.0428 e. The van der Waals surface area contributed by atoms with Crippen LogP contribution in [0.5, 0.6) is 0 Å². The van der Waals surface area contributed by atoms with E-state index in [0.29, 0.717) is 6.67 Å². The van der Waals surface area contributed by atoms with Crippen molar-refractivity contribution in [1.29, 1.82) is 0 Å². The summed E-state index contributed by atoms with van der Waals surface area (Å²) in [6.45, 7) is 6.18. The van der Waals surface area contributed by atoms with Gasteiger partial charge in [0.15, 0.2) is 0 Å². The molecule has 0 atom stereocenters. The van der Waals surface area contributed by atoms with Crippen LogP contribution in [0.15, 0.2) is 0 Å². The van der Waals surface area contributed by atoms with Gasteiger partial charge in [0.1, 0.15) is 0 Å². The third-order valence-electron chi connectivity index (χ3n) is 2.81. The molecule has 3 nitrogen and oxygen atoms in total. The maximum atomic E-state index is 5.33. The Hall–Kier alpha value is -0.120. The molecule has 0 saturated carbocycles. The molecule has 0 unspecified atom stereocenters. The highest BCUT2D eigenvalue weighted by Crippen LogP contribution is 2.06. The largest absolute Gasteiger partial charge is 0.318 e. The molecule has 0 rings (SSSR count). The first-order valence-corrected chi connectivity index (χ1v) is 7.03. The molecule has 3 heteroatoms. The van der Waals surface area contributed by atoms with Crippen molar-refractivity contribution in [3.63, 3.8) is 0 Å². The Balaban J connectivity index is 2.83. The molecule has 0 aliphatic rings. The van der Waals surface area contributed by atoms with E-state index in [9.17, 15) is 0 Å². The highest BCUT2D eigenvalue weighted by Gasteiger charge is 1.91. The second kappa shape index (κ2) is 14.9. The van der Waals surface area contributed by atoms with Gasteiger partial charge in [-0.1, -0.05) is 45.4 Å². The molecule has 16 heavy (non-hydrogen) atoms. The van der Waals surface area contributed by atoms with E-state index in [2.05, 4.69) is 17.6 Å². The lowest BCUT2D eigenvalue weighted by Crippen LogP contribution is -2.26. The molecule has 0 heterocycles. The SMILES string of the molecule is CCCCCCCCCNCCCNCN. The molecule has 0 aliphatic carbocycles. The fourth-order valence-corrected chi connectivity index (χ4v) is 1.77. The van der Waals surface area contributed by atoms with E-state index in [1.807, 2.05) is 0 Å². The highest BCUT2D eigenvalue weighted by atomic mass is 15.0. The fourth-order valence-electron chi connectivity index (χ4n) is 1.77. The van der Waals surface area contributed by atoms with Crippen LogP contribution >= 0.6 is 0 Å². The summed E-state index contributed by atoms with van der Waals surface area (Å²) >= 11 is 0. The van der Waals surface area contributed by atoms with Gasteiger partial charge in [-0.15, -0.1) is 0 Å². The zero-order chi connectivity index (χ0) is 11.9. The number of nitrogens with two attached hydrogens (primary N) is 1.